The Morgan fingerprint density at radius 2 is 1.85 bits per heavy atom. The van der Waals surface area contributed by atoms with Crippen LogP contribution in [0.1, 0.15) is 26.3 Å². The Morgan fingerprint density at radius 3 is 2.54 bits per heavy atom. The zero-order valence-corrected chi connectivity index (χ0v) is 17.8. The molecule has 0 bridgehead atoms. The Labute approximate surface area is 165 Å². The summed E-state index contributed by atoms with van der Waals surface area (Å²) < 4.78 is 18.7. The highest BCUT2D eigenvalue weighted by Crippen LogP contribution is 2.27. The van der Waals surface area contributed by atoms with E-state index in [9.17, 15) is 14.0 Å². The SMILES string of the molecule is Cc1c(F)c(=O)oc2ccc(SCCSCCSC(=O)C(C)(C)C)cc12. The number of benzene rings is 1. The number of rotatable bonds is 7. The van der Waals surface area contributed by atoms with Gasteiger partial charge in [-0.25, -0.2) is 4.79 Å². The molecule has 0 aliphatic rings. The van der Waals surface area contributed by atoms with Crippen molar-refractivity contribution >= 4 is 51.4 Å². The summed E-state index contributed by atoms with van der Waals surface area (Å²) in [5.74, 6) is 2.85. The molecule has 0 aliphatic carbocycles. The zero-order valence-electron chi connectivity index (χ0n) is 15.4. The number of fused-ring (bicyclic) bond motifs is 1. The van der Waals surface area contributed by atoms with Gasteiger partial charge in [-0.3, -0.25) is 4.79 Å². The van der Waals surface area contributed by atoms with Gasteiger partial charge in [0.05, 0.1) is 0 Å². The lowest BCUT2D eigenvalue weighted by molar-refractivity contribution is -0.117. The number of hydrogen-bond acceptors (Lipinski definition) is 6. The van der Waals surface area contributed by atoms with Crippen molar-refractivity contribution in [1.82, 2.24) is 0 Å². The summed E-state index contributed by atoms with van der Waals surface area (Å²) in [7, 11) is 0. The Morgan fingerprint density at radius 1 is 1.15 bits per heavy atom. The molecule has 0 N–H and O–H groups in total. The van der Waals surface area contributed by atoms with Crippen LogP contribution in [0.4, 0.5) is 4.39 Å². The van der Waals surface area contributed by atoms with Crippen LogP contribution in [0, 0.1) is 18.2 Å². The van der Waals surface area contributed by atoms with E-state index in [2.05, 4.69) is 0 Å². The first kappa shape index (κ1) is 21.4. The number of aryl methyl sites for hydroxylation is 1. The van der Waals surface area contributed by atoms with Crippen molar-refractivity contribution in [2.24, 2.45) is 5.41 Å². The maximum atomic E-state index is 13.7. The van der Waals surface area contributed by atoms with E-state index in [1.54, 1.807) is 24.8 Å². The minimum absolute atomic E-state index is 0.234. The summed E-state index contributed by atoms with van der Waals surface area (Å²) in [4.78, 5) is 24.2. The van der Waals surface area contributed by atoms with E-state index in [-0.39, 0.29) is 10.5 Å². The van der Waals surface area contributed by atoms with Gasteiger partial charge in [0.15, 0.2) is 5.12 Å². The van der Waals surface area contributed by atoms with Crippen LogP contribution in [0.3, 0.4) is 0 Å². The first-order valence-electron chi connectivity index (χ1n) is 8.31. The van der Waals surface area contributed by atoms with Crippen molar-refractivity contribution in [3.63, 3.8) is 0 Å². The normalized spacial score (nSPS) is 11.9. The van der Waals surface area contributed by atoms with Crippen LogP contribution in [0.5, 0.6) is 0 Å². The standard InChI is InChI=1S/C19H23FO3S3/c1-12-14-11-13(5-6-15(14)23-17(21)16(12)20)25-9-7-24-8-10-26-18(22)19(2,3)4/h5-6,11H,7-10H2,1-4H3. The second-order valence-electron chi connectivity index (χ2n) is 6.83. The second-order valence-corrected chi connectivity index (χ2v) is 10.3. The minimum atomic E-state index is -0.922. The third-order valence-corrected chi connectivity index (χ3v) is 7.42. The molecule has 1 aromatic heterocycles. The van der Waals surface area contributed by atoms with E-state index in [1.807, 2.05) is 44.7 Å². The zero-order chi connectivity index (χ0) is 19.3. The van der Waals surface area contributed by atoms with E-state index in [4.69, 9.17) is 4.42 Å². The molecule has 0 radical (unpaired) electrons. The van der Waals surface area contributed by atoms with Gasteiger partial charge in [-0.05, 0) is 25.1 Å². The van der Waals surface area contributed by atoms with E-state index >= 15 is 0 Å². The van der Waals surface area contributed by atoms with Crippen LogP contribution in [-0.4, -0.2) is 28.1 Å². The molecule has 1 aromatic carbocycles. The molecule has 142 valence electrons. The molecule has 0 fully saturated rings. The fraction of sp³-hybridized carbons (Fsp3) is 0.474. The number of carbonyl (C=O) groups is 1. The summed E-state index contributed by atoms with van der Waals surface area (Å²) >= 11 is 4.91. The predicted molar refractivity (Wildman–Crippen MR) is 112 cm³/mol. The van der Waals surface area contributed by atoms with Gasteiger partial charge in [0, 0.05) is 44.3 Å². The largest absolute Gasteiger partial charge is 0.421 e. The average Bonchev–Trinajstić information content (AvgIpc) is 2.58. The number of thioether (sulfide) groups is 3. The fourth-order valence-electron chi connectivity index (χ4n) is 2.13. The van der Waals surface area contributed by atoms with Gasteiger partial charge in [0.1, 0.15) is 5.58 Å². The van der Waals surface area contributed by atoms with Gasteiger partial charge < -0.3 is 4.42 Å². The average molecular weight is 415 g/mol. The lowest BCUT2D eigenvalue weighted by atomic mass is 10.00. The van der Waals surface area contributed by atoms with Crippen molar-refractivity contribution in [2.75, 3.05) is 23.0 Å². The van der Waals surface area contributed by atoms with E-state index in [1.165, 1.54) is 11.8 Å². The lowest BCUT2D eigenvalue weighted by Gasteiger charge is -2.15. The molecule has 1 heterocycles. The third-order valence-electron chi connectivity index (χ3n) is 3.64. The van der Waals surface area contributed by atoms with Crippen molar-refractivity contribution in [2.45, 2.75) is 32.6 Å². The van der Waals surface area contributed by atoms with Gasteiger partial charge in [-0.2, -0.15) is 16.2 Å². The van der Waals surface area contributed by atoms with Gasteiger partial charge in [0.25, 0.3) is 0 Å². The molecule has 0 spiro atoms. The van der Waals surface area contributed by atoms with E-state index < -0.39 is 11.4 Å². The molecule has 2 aromatic rings. The summed E-state index contributed by atoms with van der Waals surface area (Å²) in [6.07, 6.45) is 0. The summed E-state index contributed by atoms with van der Waals surface area (Å²) in [6, 6.07) is 5.47. The monoisotopic (exact) mass is 414 g/mol. The maximum Gasteiger partial charge on any atom is 0.372 e. The van der Waals surface area contributed by atoms with Crippen LogP contribution in [0.25, 0.3) is 11.0 Å². The highest BCUT2D eigenvalue weighted by molar-refractivity contribution is 8.14. The maximum absolute atomic E-state index is 13.7. The quantitative estimate of drug-likeness (QED) is 0.345. The molecule has 2 rings (SSSR count). The molecule has 0 atom stereocenters. The summed E-state index contributed by atoms with van der Waals surface area (Å²) in [5, 5.41) is 0.870. The molecule has 0 amide bonds. The molecule has 0 saturated heterocycles. The summed E-state index contributed by atoms with van der Waals surface area (Å²) in [5.41, 5.74) is -0.464. The summed E-state index contributed by atoms with van der Waals surface area (Å²) in [6.45, 7) is 7.41. The van der Waals surface area contributed by atoms with Crippen molar-refractivity contribution < 1.29 is 13.6 Å². The van der Waals surface area contributed by atoms with Crippen LogP contribution in [0.15, 0.2) is 32.3 Å². The first-order valence-corrected chi connectivity index (χ1v) is 11.4. The predicted octanol–water partition coefficient (Wildman–Crippen LogP) is 5.37. The highest BCUT2D eigenvalue weighted by Gasteiger charge is 2.21. The van der Waals surface area contributed by atoms with Gasteiger partial charge >= 0.3 is 5.63 Å². The molecule has 0 saturated carbocycles. The molecule has 26 heavy (non-hydrogen) atoms. The Balaban J connectivity index is 1.78. The van der Waals surface area contributed by atoms with Crippen LogP contribution >= 0.6 is 35.3 Å². The van der Waals surface area contributed by atoms with Gasteiger partial charge in [0.2, 0.25) is 5.82 Å². The van der Waals surface area contributed by atoms with Crippen LogP contribution in [0.2, 0.25) is 0 Å². The third kappa shape index (κ3) is 5.79. The lowest BCUT2D eigenvalue weighted by Crippen LogP contribution is -2.17. The van der Waals surface area contributed by atoms with Crippen LogP contribution < -0.4 is 5.63 Å². The Bertz CT molecular complexity index is 840. The smallest absolute Gasteiger partial charge is 0.372 e. The molecule has 7 heteroatoms. The molecule has 0 aliphatic heterocycles. The van der Waals surface area contributed by atoms with E-state index in [0.29, 0.717) is 16.5 Å². The molecule has 0 unspecified atom stereocenters. The van der Waals surface area contributed by atoms with Crippen molar-refractivity contribution in [3.8, 4) is 0 Å². The topological polar surface area (TPSA) is 47.3 Å². The molecular formula is C19H23FO3S3. The van der Waals surface area contributed by atoms with Crippen molar-refractivity contribution in [1.29, 1.82) is 0 Å². The number of hydrogen-bond donors (Lipinski definition) is 0. The number of carbonyl (C=O) groups excluding carboxylic acids is 1. The number of halogens is 1. The minimum Gasteiger partial charge on any atom is -0.421 e. The Kier molecular flexibility index (Phi) is 7.67. The molecule has 3 nitrogen and oxygen atoms in total. The van der Waals surface area contributed by atoms with Gasteiger partial charge in [-0.15, -0.1) is 11.8 Å². The van der Waals surface area contributed by atoms with Crippen molar-refractivity contribution in [3.05, 3.63) is 40.0 Å². The molecular weight excluding hydrogens is 391 g/mol. The second kappa shape index (κ2) is 9.33. The van der Waals surface area contributed by atoms with E-state index in [0.717, 1.165) is 27.9 Å². The first-order chi connectivity index (χ1) is 12.2. The highest BCUT2D eigenvalue weighted by atomic mass is 32.2. The van der Waals surface area contributed by atoms with Crippen LogP contribution in [-0.2, 0) is 4.79 Å². The Hall–Kier alpha value is -0.920. The fourth-order valence-corrected chi connectivity index (χ4v) is 5.16. The van der Waals surface area contributed by atoms with Gasteiger partial charge in [-0.1, -0.05) is 32.5 Å².